The molecule has 72 valence electrons. The van der Waals surface area contributed by atoms with Crippen LogP contribution in [0.2, 0.25) is 0 Å². The predicted octanol–water partition coefficient (Wildman–Crippen LogP) is 0.137. The first-order valence-electron chi connectivity index (χ1n) is 3.67. The fourth-order valence-electron chi connectivity index (χ4n) is 0.669. The Hall–Kier alpha value is -0.620. The molecule has 0 saturated heterocycles. The van der Waals surface area contributed by atoms with Gasteiger partial charge < -0.3 is 5.32 Å². The van der Waals surface area contributed by atoms with Gasteiger partial charge in [0.15, 0.2) is 5.37 Å². The minimum absolute atomic E-state index is 0.157. The molecule has 0 heterocycles. The molecule has 0 aliphatic rings. The maximum atomic E-state index is 10.7. The molecule has 0 aromatic rings. The summed E-state index contributed by atoms with van der Waals surface area (Å²) in [6.07, 6.45) is 0.358. The summed E-state index contributed by atoms with van der Waals surface area (Å²) in [6.45, 7) is 3.17. The van der Waals surface area contributed by atoms with Gasteiger partial charge in [-0.05, 0) is 6.42 Å². The second kappa shape index (κ2) is 4.42. The van der Waals surface area contributed by atoms with Gasteiger partial charge in [0.05, 0.1) is 0 Å². The third-order valence-electron chi connectivity index (χ3n) is 1.37. The van der Waals surface area contributed by atoms with Gasteiger partial charge in [-0.3, -0.25) is 9.35 Å². The highest BCUT2D eigenvalue weighted by Crippen LogP contribution is 1.99. The van der Waals surface area contributed by atoms with E-state index in [1.807, 2.05) is 0 Å². The van der Waals surface area contributed by atoms with Crippen LogP contribution in [0.15, 0.2) is 0 Å². The molecule has 0 saturated carbocycles. The Labute approximate surface area is 71.9 Å². The molecule has 6 heteroatoms. The third kappa shape index (κ3) is 3.68. The lowest BCUT2D eigenvalue weighted by molar-refractivity contribution is -0.121. The van der Waals surface area contributed by atoms with E-state index in [0.29, 0.717) is 0 Å². The second-order valence-electron chi connectivity index (χ2n) is 2.33. The van der Waals surface area contributed by atoms with Gasteiger partial charge in [0.25, 0.3) is 10.1 Å². The number of hydrogen-bond acceptors (Lipinski definition) is 3. The number of amides is 1. The van der Waals surface area contributed by atoms with Gasteiger partial charge >= 0.3 is 0 Å². The average molecular weight is 195 g/mol. The van der Waals surface area contributed by atoms with Crippen molar-refractivity contribution in [2.45, 2.75) is 32.1 Å². The summed E-state index contributed by atoms with van der Waals surface area (Å²) >= 11 is 0. The molecular weight excluding hydrogens is 182 g/mol. The Bertz CT molecular complexity index is 246. The minimum Gasteiger partial charge on any atom is -0.338 e. The number of carbonyl (C=O) groups is 1. The van der Waals surface area contributed by atoms with Crippen LogP contribution in [-0.2, 0) is 14.9 Å². The Balaban J connectivity index is 4.30. The van der Waals surface area contributed by atoms with Crippen LogP contribution in [0, 0.1) is 0 Å². The third-order valence-corrected chi connectivity index (χ3v) is 2.54. The van der Waals surface area contributed by atoms with Gasteiger partial charge in [-0.25, -0.2) is 0 Å². The quantitative estimate of drug-likeness (QED) is 0.625. The van der Waals surface area contributed by atoms with E-state index in [4.69, 9.17) is 4.55 Å². The van der Waals surface area contributed by atoms with Crippen molar-refractivity contribution in [3.8, 4) is 0 Å². The summed E-state index contributed by atoms with van der Waals surface area (Å²) in [4.78, 5) is 10.7. The molecule has 2 N–H and O–H groups in total. The van der Waals surface area contributed by atoms with Crippen LogP contribution >= 0.6 is 0 Å². The summed E-state index contributed by atoms with van der Waals surface area (Å²) in [5, 5.41) is 1.00. The van der Waals surface area contributed by atoms with Crippen molar-refractivity contribution in [1.82, 2.24) is 5.32 Å². The van der Waals surface area contributed by atoms with E-state index >= 15 is 0 Å². The molecule has 0 aliphatic heterocycles. The molecule has 0 rings (SSSR count). The van der Waals surface area contributed by atoms with Gasteiger partial charge in [-0.2, -0.15) is 8.42 Å². The van der Waals surface area contributed by atoms with Crippen molar-refractivity contribution < 1.29 is 17.8 Å². The van der Waals surface area contributed by atoms with E-state index in [0.717, 1.165) is 0 Å². The summed E-state index contributed by atoms with van der Waals surface area (Å²) in [5.74, 6) is -0.389. The Morgan fingerprint density at radius 1 is 1.50 bits per heavy atom. The fraction of sp³-hybridized carbons (Fsp3) is 0.833. The van der Waals surface area contributed by atoms with Gasteiger partial charge in [0.2, 0.25) is 5.91 Å². The van der Waals surface area contributed by atoms with Crippen LogP contribution in [0.5, 0.6) is 0 Å². The van der Waals surface area contributed by atoms with Crippen molar-refractivity contribution in [3.63, 3.8) is 0 Å². The Morgan fingerprint density at radius 2 is 2.00 bits per heavy atom. The van der Waals surface area contributed by atoms with Crippen LogP contribution in [0.4, 0.5) is 0 Å². The van der Waals surface area contributed by atoms with E-state index in [1.54, 1.807) is 13.8 Å². The largest absolute Gasteiger partial charge is 0.338 e. The lowest BCUT2D eigenvalue weighted by atomic mass is 10.4. The highest BCUT2D eigenvalue weighted by Gasteiger charge is 2.21. The summed E-state index contributed by atoms with van der Waals surface area (Å²) in [6, 6.07) is 0. The highest BCUT2D eigenvalue weighted by molar-refractivity contribution is 7.86. The molecule has 5 nitrogen and oxygen atoms in total. The topological polar surface area (TPSA) is 83.5 Å². The maximum absolute atomic E-state index is 10.7. The van der Waals surface area contributed by atoms with E-state index in [9.17, 15) is 13.2 Å². The smallest absolute Gasteiger partial charge is 0.286 e. The van der Waals surface area contributed by atoms with Crippen molar-refractivity contribution in [1.29, 1.82) is 0 Å². The molecular formula is C6H13NO4S. The summed E-state index contributed by atoms with van der Waals surface area (Å²) in [5.41, 5.74) is 0. The monoisotopic (exact) mass is 195 g/mol. The molecule has 0 aliphatic carbocycles. The standard InChI is InChI=1S/C6H13NO4S/c1-3-5(8)7-6(4-2)12(9,10)11/h6H,3-4H2,1-2H3,(H,7,8)(H,9,10,11). The summed E-state index contributed by atoms with van der Waals surface area (Å²) in [7, 11) is -4.15. The van der Waals surface area contributed by atoms with Crippen molar-refractivity contribution in [2.75, 3.05) is 0 Å². The number of carbonyl (C=O) groups excluding carboxylic acids is 1. The molecule has 0 aromatic heterocycles. The first-order chi connectivity index (χ1) is 5.41. The zero-order chi connectivity index (χ0) is 9.78. The average Bonchev–Trinajstić information content (AvgIpc) is 1.97. The molecule has 12 heavy (non-hydrogen) atoms. The molecule has 1 amide bonds. The van der Waals surface area contributed by atoms with Crippen molar-refractivity contribution >= 4 is 16.0 Å². The highest BCUT2D eigenvalue weighted by atomic mass is 32.2. The lowest BCUT2D eigenvalue weighted by Gasteiger charge is -2.12. The van der Waals surface area contributed by atoms with Crippen LogP contribution < -0.4 is 5.32 Å². The van der Waals surface area contributed by atoms with Crippen LogP contribution in [0.3, 0.4) is 0 Å². The molecule has 1 atom stereocenters. The van der Waals surface area contributed by atoms with E-state index < -0.39 is 15.5 Å². The number of hydrogen-bond donors (Lipinski definition) is 2. The molecule has 1 unspecified atom stereocenters. The van der Waals surface area contributed by atoms with E-state index in [2.05, 4.69) is 5.32 Å². The fourth-order valence-corrected chi connectivity index (χ4v) is 1.37. The first-order valence-corrected chi connectivity index (χ1v) is 5.17. The van der Waals surface area contributed by atoms with Crippen LogP contribution in [-0.4, -0.2) is 24.3 Å². The minimum atomic E-state index is -4.15. The normalized spacial score (nSPS) is 13.9. The van der Waals surface area contributed by atoms with E-state index in [-0.39, 0.29) is 18.7 Å². The molecule has 0 bridgehead atoms. The molecule has 0 fully saturated rings. The Morgan fingerprint density at radius 3 is 2.25 bits per heavy atom. The summed E-state index contributed by atoms with van der Waals surface area (Å²) < 4.78 is 29.7. The van der Waals surface area contributed by atoms with Crippen LogP contribution in [0.1, 0.15) is 26.7 Å². The van der Waals surface area contributed by atoms with Gasteiger partial charge in [0, 0.05) is 6.42 Å². The maximum Gasteiger partial charge on any atom is 0.286 e. The zero-order valence-corrected chi connectivity index (χ0v) is 7.89. The number of rotatable bonds is 4. The first kappa shape index (κ1) is 11.4. The van der Waals surface area contributed by atoms with Gasteiger partial charge in [0.1, 0.15) is 0 Å². The molecule has 0 radical (unpaired) electrons. The SMILES string of the molecule is CCC(=O)NC(CC)S(=O)(=O)O. The van der Waals surface area contributed by atoms with Gasteiger partial charge in [-0.1, -0.05) is 13.8 Å². The zero-order valence-electron chi connectivity index (χ0n) is 7.07. The molecule has 0 spiro atoms. The molecule has 0 aromatic carbocycles. The number of nitrogens with one attached hydrogen (secondary N) is 1. The van der Waals surface area contributed by atoms with Gasteiger partial charge in [-0.15, -0.1) is 0 Å². The van der Waals surface area contributed by atoms with E-state index in [1.165, 1.54) is 0 Å². The lowest BCUT2D eigenvalue weighted by Crippen LogP contribution is -2.39. The predicted molar refractivity (Wildman–Crippen MR) is 44.1 cm³/mol. The second-order valence-corrected chi connectivity index (χ2v) is 3.93. The van der Waals surface area contributed by atoms with Crippen LogP contribution in [0.25, 0.3) is 0 Å². The Kier molecular flexibility index (Phi) is 4.19. The van der Waals surface area contributed by atoms with Crippen molar-refractivity contribution in [2.24, 2.45) is 0 Å². The van der Waals surface area contributed by atoms with Crippen molar-refractivity contribution in [3.05, 3.63) is 0 Å².